The maximum atomic E-state index is 14.7. The number of aromatic nitrogens is 2. The lowest BCUT2D eigenvalue weighted by atomic mass is 10.0. The molecule has 1 saturated heterocycles. The van der Waals surface area contributed by atoms with E-state index in [9.17, 15) is 18.0 Å². The van der Waals surface area contributed by atoms with Crippen molar-refractivity contribution >= 4 is 22.5 Å². The van der Waals surface area contributed by atoms with Crippen LogP contribution in [0.2, 0.25) is 0 Å². The maximum Gasteiger partial charge on any atom is 0.266 e. The van der Waals surface area contributed by atoms with Gasteiger partial charge in [0.15, 0.2) is 17.3 Å². The Morgan fingerprint density at radius 3 is 2.64 bits per heavy atom. The number of halogens is 3. The largest absolute Gasteiger partial charge is 0.485 e. The van der Waals surface area contributed by atoms with Gasteiger partial charge in [-0.2, -0.15) is 5.10 Å². The summed E-state index contributed by atoms with van der Waals surface area (Å²) in [6, 6.07) is 6.63. The molecule has 0 aliphatic carbocycles. The predicted molar refractivity (Wildman–Crippen MR) is 125 cm³/mol. The van der Waals surface area contributed by atoms with Crippen molar-refractivity contribution in [3.63, 3.8) is 0 Å². The van der Waals surface area contributed by atoms with Gasteiger partial charge in [0.25, 0.3) is 12.3 Å². The van der Waals surface area contributed by atoms with Crippen LogP contribution in [-0.4, -0.2) is 48.1 Å². The molecule has 1 amide bonds. The molecule has 5 rings (SSSR count). The number of carbonyl (C=O) groups excluding carboxylic acids is 1. The monoisotopic (exact) mass is 502 g/mol. The van der Waals surface area contributed by atoms with Crippen molar-refractivity contribution in [2.75, 3.05) is 25.1 Å². The maximum absolute atomic E-state index is 14.7. The normalized spacial score (nSPS) is 19.9. The zero-order valence-corrected chi connectivity index (χ0v) is 19.7. The topological polar surface area (TPSA) is 94.6 Å². The fourth-order valence-electron chi connectivity index (χ4n) is 4.38. The van der Waals surface area contributed by atoms with Crippen LogP contribution >= 0.6 is 0 Å². The van der Waals surface area contributed by atoms with Crippen LogP contribution in [-0.2, 0) is 9.53 Å². The molecule has 3 aromatic rings. The van der Waals surface area contributed by atoms with Gasteiger partial charge in [-0.3, -0.25) is 4.79 Å². The first kappa shape index (κ1) is 24.1. The number of ether oxygens (including phenoxy) is 3. The number of nitrogens with zero attached hydrogens (tertiary/aromatic N) is 2. The molecule has 11 heteroatoms. The van der Waals surface area contributed by atoms with Crippen molar-refractivity contribution in [1.29, 1.82) is 0 Å². The molecular weight excluding hydrogens is 477 g/mol. The van der Waals surface area contributed by atoms with Crippen LogP contribution in [0.15, 0.2) is 30.3 Å². The summed E-state index contributed by atoms with van der Waals surface area (Å²) in [7, 11) is 0. The summed E-state index contributed by atoms with van der Waals surface area (Å²) in [4.78, 5) is 12.6. The van der Waals surface area contributed by atoms with Crippen molar-refractivity contribution in [3.05, 3.63) is 53.0 Å². The number of hydrogen-bond donors (Lipinski definition) is 2. The minimum Gasteiger partial charge on any atom is -0.485 e. The van der Waals surface area contributed by atoms with E-state index in [0.29, 0.717) is 47.0 Å². The number of hydrogen-bond acceptors (Lipinski definition) is 7. The number of carbonyl (C=O) groups is 1. The van der Waals surface area contributed by atoms with Crippen LogP contribution in [0.4, 0.5) is 19.0 Å². The Morgan fingerprint density at radius 1 is 1.11 bits per heavy atom. The highest BCUT2D eigenvalue weighted by molar-refractivity contribution is 5.96. The number of aryl methyl sites for hydroxylation is 1. The van der Waals surface area contributed by atoms with E-state index in [1.165, 1.54) is 12.1 Å². The smallest absolute Gasteiger partial charge is 0.266 e. The summed E-state index contributed by atoms with van der Waals surface area (Å²) in [6.07, 6.45) is -2.98. The van der Waals surface area contributed by atoms with Crippen molar-refractivity contribution in [1.82, 2.24) is 15.5 Å². The molecule has 3 heterocycles. The third-order valence-corrected chi connectivity index (χ3v) is 6.37. The lowest BCUT2D eigenvalue weighted by molar-refractivity contribution is -0.131. The SMILES string of the molecule is Cc1nnc(NC(C)c2cccc(C(F)F)c2F)c2cc3c(cc12)OC(C(=O)NC1CCOC1)CO3. The molecule has 190 valence electrons. The molecule has 2 aliphatic heterocycles. The molecule has 3 atom stereocenters. The van der Waals surface area contributed by atoms with Crippen LogP contribution in [0.25, 0.3) is 10.8 Å². The number of anilines is 1. The minimum absolute atomic E-state index is 0.0280. The highest BCUT2D eigenvalue weighted by Gasteiger charge is 2.31. The zero-order chi connectivity index (χ0) is 25.4. The molecule has 36 heavy (non-hydrogen) atoms. The van der Waals surface area contributed by atoms with Crippen LogP contribution in [0.5, 0.6) is 11.5 Å². The van der Waals surface area contributed by atoms with Gasteiger partial charge in [-0.1, -0.05) is 18.2 Å². The zero-order valence-electron chi connectivity index (χ0n) is 19.7. The Kier molecular flexibility index (Phi) is 6.57. The van der Waals surface area contributed by atoms with Gasteiger partial charge in [-0.25, -0.2) is 13.2 Å². The third kappa shape index (κ3) is 4.62. The standard InChI is InChI=1S/C25H25F3N4O4/c1-12(15-4-3-5-16(22(15)26)23(27)28)29-24-18-9-19-20(8-17(18)13(2)31-32-24)36-21(11-35-19)25(33)30-14-6-7-34-10-14/h3-5,8-9,12,14,21,23H,6-7,10-11H2,1-2H3,(H,29,32)(H,30,33). The van der Waals surface area contributed by atoms with Gasteiger partial charge in [0.1, 0.15) is 12.4 Å². The van der Waals surface area contributed by atoms with E-state index in [2.05, 4.69) is 20.8 Å². The third-order valence-electron chi connectivity index (χ3n) is 6.37. The summed E-state index contributed by atoms with van der Waals surface area (Å²) in [5.41, 5.74) is 0.0391. The number of nitrogens with one attached hydrogen (secondary N) is 2. The molecule has 1 aromatic heterocycles. The average molecular weight is 502 g/mol. The summed E-state index contributed by atoms with van der Waals surface area (Å²) >= 11 is 0. The van der Waals surface area contributed by atoms with Crippen LogP contribution in [0, 0.1) is 12.7 Å². The van der Waals surface area contributed by atoms with E-state index < -0.39 is 30.0 Å². The Hall–Kier alpha value is -3.60. The molecule has 1 fully saturated rings. The highest BCUT2D eigenvalue weighted by Crippen LogP contribution is 2.39. The van der Waals surface area contributed by atoms with E-state index in [1.807, 2.05) is 0 Å². The molecule has 2 N–H and O–H groups in total. The molecule has 0 spiro atoms. The molecule has 2 aromatic carbocycles. The van der Waals surface area contributed by atoms with Crippen LogP contribution in [0.3, 0.4) is 0 Å². The fraction of sp³-hybridized carbons (Fsp3) is 0.400. The average Bonchev–Trinajstić information content (AvgIpc) is 3.37. The van der Waals surface area contributed by atoms with Gasteiger partial charge in [0, 0.05) is 22.9 Å². The molecule has 0 bridgehead atoms. The van der Waals surface area contributed by atoms with Gasteiger partial charge in [-0.05, 0) is 32.4 Å². The molecule has 3 unspecified atom stereocenters. The fourth-order valence-corrected chi connectivity index (χ4v) is 4.38. The van der Waals surface area contributed by atoms with E-state index >= 15 is 0 Å². The van der Waals surface area contributed by atoms with Crippen molar-refractivity contribution in [3.8, 4) is 11.5 Å². The van der Waals surface area contributed by atoms with Gasteiger partial charge >= 0.3 is 0 Å². The van der Waals surface area contributed by atoms with E-state index in [4.69, 9.17) is 14.2 Å². The first-order chi connectivity index (χ1) is 17.3. The second-order valence-electron chi connectivity index (χ2n) is 8.88. The Bertz CT molecular complexity index is 1300. The van der Waals surface area contributed by atoms with Crippen molar-refractivity contribution in [2.45, 2.75) is 44.9 Å². The molecular formula is C25H25F3N4O4. The van der Waals surface area contributed by atoms with E-state index in [0.717, 1.165) is 12.5 Å². The Balaban J connectivity index is 1.40. The lowest BCUT2D eigenvalue weighted by Gasteiger charge is -2.27. The summed E-state index contributed by atoms with van der Waals surface area (Å²) in [5.74, 6) is -0.0888. The summed E-state index contributed by atoms with van der Waals surface area (Å²) in [5, 5.41) is 15.7. The lowest BCUT2D eigenvalue weighted by Crippen LogP contribution is -2.47. The quantitative estimate of drug-likeness (QED) is 0.521. The molecule has 0 saturated carbocycles. The molecule has 0 radical (unpaired) electrons. The Morgan fingerprint density at radius 2 is 1.89 bits per heavy atom. The van der Waals surface area contributed by atoms with Crippen molar-refractivity contribution < 1.29 is 32.2 Å². The number of alkyl halides is 2. The van der Waals surface area contributed by atoms with Crippen LogP contribution in [0.1, 0.15) is 42.6 Å². The number of rotatable bonds is 6. The Labute approximate surface area is 205 Å². The van der Waals surface area contributed by atoms with Gasteiger partial charge in [0.2, 0.25) is 6.10 Å². The first-order valence-corrected chi connectivity index (χ1v) is 11.6. The number of benzene rings is 2. The second kappa shape index (κ2) is 9.81. The van der Waals surface area contributed by atoms with E-state index in [-0.39, 0.29) is 24.1 Å². The van der Waals surface area contributed by atoms with Crippen molar-refractivity contribution in [2.24, 2.45) is 0 Å². The van der Waals surface area contributed by atoms with Gasteiger partial charge in [-0.15, -0.1) is 5.10 Å². The predicted octanol–water partition coefficient (Wildman–Crippen LogP) is 4.23. The summed E-state index contributed by atoms with van der Waals surface area (Å²) in [6.45, 7) is 4.54. The number of fused-ring (bicyclic) bond motifs is 2. The minimum atomic E-state index is -2.92. The van der Waals surface area contributed by atoms with Crippen LogP contribution < -0.4 is 20.1 Å². The van der Waals surface area contributed by atoms with Gasteiger partial charge in [0.05, 0.1) is 29.9 Å². The van der Waals surface area contributed by atoms with Gasteiger partial charge < -0.3 is 24.8 Å². The first-order valence-electron chi connectivity index (χ1n) is 11.6. The summed E-state index contributed by atoms with van der Waals surface area (Å²) < 4.78 is 58.1. The molecule has 2 aliphatic rings. The van der Waals surface area contributed by atoms with E-state index in [1.54, 1.807) is 26.0 Å². The second-order valence-corrected chi connectivity index (χ2v) is 8.88. The number of amides is 1. The molecule has 8 nitrogen and oxygen atoms in total. The highest BCUT2D eigenvalue weighted by atomic mass is 19.3.